The van der Waals surface area contributed by atoms with Crippen molar-refractivity contribution in [1.82, 2.24) is 4.31 Å². The van der Waals surface area contributed by atoms with Crippen LogP contribution in [0.4, 0.5) is 0 Å². The fraction of sp³-hybridized carbons (Fsp3) is 0.636. The van der Waals surface area contributed by atoms with Crippen molar-refractivity contribution in [3.05, 3.63) is 17.0 Å². The largest absolute Gasteiger partial charge is 0.252 e. The summed E-state index contributed by atoms with van der Waals surface area (Å²) in [6, 6.07) is 3.59. The van der Waals surface area contributed by atoms with Gasteiger partial charge in [0.1, 0.15) is 4.21 Å². The lowest BCUT2D eigenvalue weighted by molar-refractivity contribution is 0.351. The molecule has 0 amide bonds. The van der Waals surface area contributed by atoms with E-state index in [0.29, 0.717) is 17.3 Å². The highest BCUT2D eigenvalue weighted by molar-refractivity contribution is 7.91. The van der Waals surface area contributed by atoms with Gasteiger partial charge in [0.2, 0.25) is 0 Å². The molecular weight excluding hydrogens is 278 g/mol. The Balaban J connectivity index is 2.23. The minimum atomic E-state index is -3.32. The number of hydrogen-bond acceptors (Lipinski definition) is 3. The highest BCUT2D eigenvalue weighted by atomic mass is 35.5. The first-order valence-corrected chi connectivity index (χ1v) is 8.46. The SMILES string of the molecule is CCc1ccc(S(=O)(=O)N2CCCC(Cl)C2)s1. The van der Waals surface area contributed by atoms with E-state index in [-0.39, 0.29) is 5.38 Å². The van der Waals surface area contributed by atoms with E-state index >= 15 is 0 Å². The van der Waals surface area contributed by atoms with Crippen molar-refractivity contribution in [3.63, 3.8) is 0 Å². The molecule has 3 nitrogen and oxygen atoms in total. The Morgan fingerprint density at radius 1 is 1.53 bits per heavy atom. The van der Waals surface area contributed by atoms with Gasteiger partial charge in [-0.25, -0.2) is 8.42 Å². The van der Waals surface area contributed by atoms with E-state index in [1.807, 2.05) is 13.0 Å². The van der Waals surface area contributed by atoms with Crippen molar-refractivity contribution in [2.24, 2.45) is 0 Å². The molecule has 1 fully saturated rings. The van der Waals surface area contributed by atoms with Crippen LogP contribution in [0.15, 0.2) is 16.3 Å². The summed E-state index contributed by atoms with van der Waals surface area (Å²) in [5, 5.41) is -0.0517. The van der Waals surface area contributed by atoms with Gasteiger partial charge in [0, 0.05) is 23.3 Å². The fourth-order valence-corrected chi connectivity index (χ4v) is 5.30. The highest BCUT2D eigenvalue weighted by Gasteiger charge is 2.30. The number of aryl methyl sites for hydroxylation is 1. The molecule has 96 valence electrons. The van der Waals surface area contributed by atoms with Crippen LogP contribution in [0.5, 0.6) is 0 Å². The molecule has 1 saturated heterocycles. The lowest BCUT2D eigenvalue weighted by Gasteiger charge is -2.28. The number of hydrogen-bond donors (Lipinski definition) is 0. The number of piperidine rings is 1. The third kappa shape index (κ3) is 2.84. The molecule has 0 bridgehead atoms. The molecule has 2 rings (SSSR count). The van der Waals surface area contributed by atoms with Gasteiger partial charge in [-0.3, -0.25) is 0 Å². The number of rotatable bonds is 3. The molecule has 0 spiro atoms. The minimum absolute atomic E-state index is 0.0517. The smallest absolute Gasteiger partial charge is 0.206 e. The number of alkyl halides is 1. The quantitative estimate of drug-likeness (QED) is 0.804. The van der Waals surface area contributed by atoms with Crippen LogP contribution in [0.2, 0.25) is 0 Å². The maximum absolute atomic E-state index is 12.3. The standard InChI is InChI=1S/C11H16ClNO2S2/c1-2-10-5-6-11(16-10)17(14,15)13-7-3-4-9(12)8-13/h5-6,9H,2-4,7-8H2,1H3. The van der Waals surface area contributed by atoms with Crippen molar-refractivity contribution in [2.45, 2.75) is 35.8 Å². The molecule has 0 aliphatic carbocycles. The van der Waals surface area contributed by atoms with Crippen LogP contribution >= 0.6 is 22.9 Å². The van der Waals surface area contributed by atoms with Crippen LogP contribution in [-0.2, 0) is 16.4 Å². The molecular formula is C11H16ClNO2S2. The third-order valence-corrected chi connectivity index (χ3v) is 6.82. The Morgan fingerprint density at radius 3 is 2.88 bits per heavy atom. The Labute approximate surface area is 111 Å². The maximum Gasteiger partial charge on any atom is 0.252 e. The van der Waals surface area contributed by atoms with Crippen LogP contribution in [0.25, 0.3) is 0 Å². The summed E-state index contributed by atoms with van der Waals surface area (Å²) in [5.41, 5.74) is 0. The first kappa shape index (κ1) is 13.3. The molecule has 1 atom stereocenters. The molecule has 0 radical (unpaired) electrons. The molecule has 1 aromatic rings. The zero-order chi connectivity index (χ0) is 12.5. The van der Waals surface area contributed by atoms with Gasteiger partial charge >= 0.3 is 0 Å². The number of halogens is 1. The summed E-state index contributed by atoms with van der Waals surface area (Å²) in [5.74, 6) is 0. The second kappa shape index (κ2) is 5.26. The van der Waals surface area contributed by atoms with E-state index in [9.17, 15) is 8.42 Å². The Morgan fingerprint density at radius 2 is 2.29 bits per heavy atom. The van der Waals surface area contributed by atoms with Crippen LogP contribution in [0.3, 0.4) is 0 Å². The van der Waals surface area contributed by atoms with E-state index in [1.54, 1.807) is 6.07 Å². The molecule has 17 heavy (non-hydrogen) atoms. The molecule has 1 aromatic heterocycles. The lowest BCUT2D eigenvalue weighted by atomic mass is 10.2. The molecule has 0 N–H and O–H groups in total. The summed E-state index contributed by atoms with van der Waals surface area (Å²) in [6.45, 7) is 3.05. The van der Waals surface area contributed by atoms with Gasteiger partial charge in [-0.05, 0) is 31.4 Å². The summed E-state index contributed by atoms with van der Waals surface area (Å²) in [4.78, 5) is 1.10. The van der Waals surface area contributed by atoms with Gasteiger partial charge in [0.25, 0.3) is 10.0 Å². The Kier molecular flexibility index (Phi) is 4.13. The second-order valence-electron chi connectivity index (χ2n) is 4.18. The van der Waals surface area contributed by atoms with Crippen molar-refractivity contribution in [3.8, 4) is 0 Å². The number of thiophene rings is 1. The lowest BCUT2D eigenvalue weighted by Crippen LogP contribution is -2.40. The molecule has 0 saturated carbocycles. The van der Waals surface area contributed by atoms with Gasteiger partial charge in [0.05, 0.1) is 0 Å². The van der Waals surface area contributed by atoms with E-state index in [4.69, 9.17) is 11.6 Å². The van der Waals surface area contributed by atoms with Crippen molar-refractivity contribution >= 4 is 33.0 Å². The topological polar surface area (TPSA) is 37.4 Å². The maximum atomic E-state index is 12.3. The molecule has 1 aliphatic rings. The van der Waals surface area contributed by atoms with Gasteiger partial charge in [0.15, 0.2) is 0 Å². The fourth-order valence-electron chi connectivity index (χ4n) is 1.93. The third-order valence-electron chi connectivity index (χ3n) is 2.91. The van der Waals surface area contributed by atoms with Crippen molar-refractivity contribution in [1.29, 1.82) is 0 Å². The van der Waals surface area contributed by atoms with Gasteiger partial charge in [-0.2, -0.15) is 4.31 Å². The van der Waals surface area contributed by atoms with Crippen LogP contribution in [0, 0.1) is 0 Å². The number of nitrogens with zero attached hydrogens (tertiary/aromatic N) is 1. The van der Waals surface area contributed by atoms with Crippen LogP contribution in [0.1, 0.15) is 24.6 Å². The predicted molar refractivity (Wildman–Crippen MR) is 71.3 cm³/mol. The highest BCUT2D eigenvalue weighted by Crippen LogP contribution is 2.28. The second-order valence-corrected chi connectivity index (χ2v) is 8.13. The first-order valence-electron chi connectivity index (χ1n) is 5.77. The first-order chi connectivity index (χ1) is 8.04. The molecule has 1 aliphatic heterocycles. The zero-order valence-electron chi connectivity index (χ0n) is 9.73. The van der Waals surface area contributed by atoms with E-state index < -0.39 is 10.0 Å². The minimum Gasteiger partial charge on any atom is -0.206 e. The zero-order valence-corrected chi connectivity index (χ0v) is 12.1. The number of sulfonamides is 1. The average molecular weight is 294 g/mol. The Hall–Kier alpha value is -0.100. The summed E-state index contributed by atoms with van der Waals surface area (Å²) >= 11 is 7.40. The normalized spacial score (nSPS) is 22.8. The van der Waals surface area contributed by atoms with Gasteiger partial charge < -0.3 is 0 Å². The van der Waals surface area contributed by atoms with Gasteiger partial charge in [-0.1, -0.05) is 6.92 Å². The van der Waals surface area contributed by atoms with Crippen molar-refractivity contribution < 1.29 is 8.42 Å². The summed E-state index contributed by atoms with van der Waals surface area (Å²) < 4.78 is 26.6. The monoisotopic (exact) mass is 293 g/mol. The van der Waals surface area contributed by atoms with Gasteiger partial charge in [-0.15, -0.1) is 22.9 Å². The summed E-state index contributed by atoms with van der Waals surface area (Å²) in [6.07, 6.45) is 2.62. The molecule has 1 unspecified atom stereocenters. The van der Waals surface area contributed by atoms with Crippen molar-refractivity contribution in [2.75, 3.05) is 13.1 Å². The van der Waals surface area contributed by atoms with E-state index in [2.05, 4.69) is 0 Å². The van der Waals surface area contributed by atoms with Crippen LogP contribution < -0.4 is 0 Å². The predicted octanol–water partition coefficient (Wildman–Crippen LogP) is 2.70. The molecule has 2 heterocycles. The summed E-state index contributed by atoms with van der Waals surface area (Å²) in [7, 11) is -3.32. The molecule has 0 aromatic carbocycles. The van der Waals surface area contributed by atoms with E-state index in [1.165, 1.54) is 15.6 Å². The molecule has 6 heteroatoms. The van der Waals surface area contributed by atoms with Crippen LogP contribution in [-0.4, -0.2) is 31.2 Å². The van der Waals surface area contributed by atoms with E-state index in [0.717, 1.165) is 24.1 Å². The average Bonchev–Trinajstić information content (AvgIpc) is 2.78. The Bertz CT molecular complexity index is 483.